The van der Waals surface area contributed by atoms with Crippen molar-refractivity contribution >= 4 is 0 Å². The second kappa shape index (κ2) is 5.05. The van der Waals surface area contributed by atoms with Gasteiger partial charge in [-0.05, 0) is 25.5 Å². The first-order chi connectivity index (χ1) is 8.22. The van der Waals surface area contributed by atoms with Gasteiger partial charge in [0, 0.05) is 24.0 Å². The van der Waals surface area contributed by atoms with Crippen LogP contribution in [0, 0.1) is 0 Å². The number of hydrogen-bond acceptors (Lipinski definition) is 5. The van der Waals surface area contributed by atoms with E-state index in [9.17, 15) is 0 Å². The van der Waals surface area contributed by atoms with Gasteiger partial charge in [0.15, 0.2) is 0 Å². The van der Waals surface area contributed by atoms with E-state index in [-0.39, 0.29) is 12.0 Å². The van der Waals surface area contributed by atoms with Crippen LogP contribution < -0.4 is 5.73 Å². The molecule has 0 aliphatic carbocycles. The highest BCUT2D eigenvalue weighted by Crippen LogP contribution is 2.23. The van der Waals surface area contributed by atoms with Gasteiger partial charge in [-0.2, -0.15) is 4.98 Å². The Balaban J connectivity index is 2.27. The monoisotopic (exact) mass is 232 g/mol. The van der Waals surface area contributed by atoms with Crippen LogP contribution in [0.1, 0.15) is 32.1 Å². The van der Waals surface area contributed by atoms with Gasteiger partial charge in [-0.15, -0.1) is 0 Å². The Labute approximate surface area is 100 Å². The molecule has 0 amide bonds. The molecule has 0 bridgehead atoms. The third kappa shape index (κ3) is 2.50. The number of aromatic nitrogens is 3. The topological polar surface area (TPSA) is 77.8 Å². The van der Waals surface area contributed by atoms with Gasteiger partial charge in [0.1, 0.15) is 0 Å². The van der Waals surface area contributed by atoms with Crippen molar-refractivity contribution < 1.29 is 4.52 Å². The van der Waals surface area contributed by atoms with E-state index in [1.54, 1.807) is 12.4 Å². The summed E-state index contributed by atoms with van der Waals surface area (Å²) in [4.78, 5) is 8.40. The van der Waals surface area contributed by atoms with Crippen molar-refractivity contribution in [3.8, 4) is 11.4 Å². The van der Waals surface area contributed by atoms with Crippen LogP contribution in [0.3, 0.4) is 0 Å². The highest BCUT2D eigenvalue weighted by molar-refractivity contribution is 5.51. The third-order valence-corrected chi connectivity index (χ3v) is 2.75. The molecular formula is C12H16N4O. The standard InChI is InChI=1S/C12H16N4O/c1-3-10(8(2)13)12-15-11(16-17-12)9-5-4-6-14-7-9/h4-8,10H,3,13H2,1-2H3. The van der Waals surface area contributed by atoms with Crippen LogP contribution in [-0.2, 0) is 0 Å². The Morgan fingerprint density at radius 2 is 2.29 bits per heavy atom. The number of nitrogens with two attached hydrogens (primary N) is 1. The Hall–Kier alpha value is -1.75. The molecule has 0 spiro atoms. The maximum absolute atomic E-state index is 5.89. The zero-order valence-electron chi connectivity index (χ0n) is 10.00. The van der Waals surface area contributed by atoms with Crippen molar-refractivity contribution in [3.63, 3.8) is 0 Å². The molecule has 90 valence electrons. The zero-order valence-corrected chi connectivity index (χ0v) is 10.00. The van der Waals surface area contributed by atoms with E-state index < -0.39 is 0 Å². The second-order valence-corrected chi connectivity index (χ2v) is 4.07. The SMILES string of the molecule is CCC(c1nc(-c2cccnc2)no1)C(C)N. The molecule has 2 unspecified atom stereocenters. The van der Waals surface area contributed by atoms with Crippen molar-refractivity contribution in [2.45, 2.75) is 32.2 Å². The first-order valence-corrected chi connectivity index (χ1v) is 5.72. The summed E-state index contributed by atoms with van der Waals surface area (Å²) in [5.74, 6) is 1.27. The second-order valence-electron chi connectivity index (χ2n) is 4.07. The zero-order chi connectivity index (χ0) is 12.3. The normalized spacial score (nSPS) is 14.5. The summed E-state index contributed by atoms with van der Waals surface area (Å²) < 4.78 is 5.26. The quantitative estimate of drug-likeness (QED) is 0.872. The minimum absolute atomic E-state index is 0.00204. The first-order valence-electron chi connectivity index (χ1n) is 5.72. The van der Waals surface area contributed by atoms with Gasteiger partial charge in [-0.3, -0.25) is 4.98 Å². The van der Waals surface area contributed by atoms with Gasteiger partial charge in [-0.1, -0.05) is 12.1 Å². The van der Waals surface area contributed by atoms with Crippen LogP contribution in [0.4, 0.5) is 0 Å². The largest absolute Gasteiger partial charge is 0.339 e. The molecule has 0 aromatic carbocycles. The summed E-state index contributed by atoms with van der Waals surface area (Å²) >= 11 is 0. The smallest absolute Gasteiger partial charge is 0.231 e. The molecule has 0 radical (unpaired) electrons. The Bertz CT molecular complexity index is 466. The molecule has 0 fully saturated rings. The molecule has 17 heavy (non-hydrogen) atoms. The molecule has 0 aliphatic rings. The van der Waals surface area contributed by atoms with Crippen LogP contribution in [0.15, 0.2) is 29.0 Å². The van der Waals surface area contributed by atoms with Gasteiger partial charge in [0.25, 0.3) is 0 Å². The fourth-order valence-electron chi connectivity index (χ4n) is 1.77. The van der Waals surface area contributed by atoms with Gasteiger partial charge < -0.3 is 10.3 Å². The van der Waals surface area contributed by atoms with Crippen LogP contribution in [-0.4, -0.2) is 21.2 Å². The van der Waals surface area contributed by atoms with E-state index in [0.29, 0.717) is 11.7 Å². The minimum Gasteiger partial charge on any atom is -0.339 e. The minimum atomic E-state index is 0.00204. The lowest BCUT2D eigenvalue weighted by atomic mass is 9.99. The summed E-state index contributed by atoms with van der Waals surface area (Å²) in [7, 11) is 0. The summed E-state index contributed by atoms with van der Waals surface area (Å²) in [6.07, 6.45) is 4.30. The van der Waals surface area contributed by atoms with E-state index in [2.05, 4.69) is 22.0 Å². The molecule has 2 rings (SSSR count). The molecule has 2 atom stereocenters. The van der Waals surface area contributed by atoms with Crippen molar-refractivity contribution in [2.75, 3.05) is 0 Å². The van der Waals surface area contributed by atoms with E-state index in [4.69, 9.17) is 10.3 Å². The van der Waals surface area contributed by atoms with E-state index in [0.717, 1.165) is 12.0 Å². The Kier molecular flexibility index (Phi) is 3.49. The fraction of sp³-hybridized carbons (Fsp3) is 0.417. The lowest BCUT2D eigenvalue weighted by molar-refractivity contribution is 0.334. The fourth-order valence-corrected chi connectivity index (χ4v) is 1.77. The molecule has 2 N–H and O–H groups in total. The molecule has 0 saturated carbocycles. The van der Waals surface area contributed by atoms with Crippen molar-refractivity contribution in [1.82, 2.24) is 15.1 Å². The number of hydrogen-bond donors (Lipinski definition) is 1. The molecule has 2 heterocycles. The highest BCUT2D eigenvalue weighted by atomic mass is 16.5. The average molecular weight is 232 g/mol. The van der Waals surface area contributed by atoms with Crippen LogP contribution in [0.25, 0.3) is 11.4 Å². The first kappa shape index (κ1) is 11.7. The number of pyridine rings is 1. The van der Waals surface area contributed by atoms with Gasteiger partial charge in [0.2, 0.25) is 11.7 Å². The van der Waals surface area contributed by atoms with Crippen LogP contribution in [0.2, 0.25) is 0 Å². The van der Waals surface area contributed by atoms with E-state index in [1.165, 1.54) is 0 Å². The molecule has 2 aromatic heterocycles. The summed E-state index contributed by atoms with van der Waals surface area (Å²) in [5.41, 5.74) is 6.74. The lowest BCUT2D eigenvalue weighted by Gasteiger charge is -2.13. The third-order valence-electron chi connectivity index (χ3n) is 2.75. The van der Waals surface area contributed by atoms with Gasteiger partial charge >= 0.3 is 0 Å². The Morgan fingerprint density at radius 3 is 2.88 bits per heavy atom. The maximum Gasteiger partial charge on any atom is 0.231 e. The number of nitrogens with zero attached hydrogens (tertiary/aromatic N) is 3. The molecule has 0 saturated heterocycles. The highest BCUT2D eigenvalue weighted by Gasteiger charge is 2.21. The van der Waals surface area contributed by atoms with Gasteiger partial charge in [0.05, 0.1) is 5.92 Å². The molecule has 2 aromatic rings. The molecule has 5 heteroatoms. The van der Waals surface area contributed by atoms with Crippen molar-refractivity contribution in [1.29, 1.82) is 0 Å². The van der Waals surface area contributed by atoms with Crippen molar-refractivity contribution in [3.05, 3.63) is 30.4 Å². The average Bonchev–Trinajstić information content (AvgIpc) is 2.80. The van der Waals surface area contributed by atoms with Crippen LogP contribution >= 0.6 is 0 Å². The molecular weight excluding hydrogens is 216 g/mol. The lowest BCUT2D eigenvalue weighted by Crippen LogP contribution is -2.24. The van der Waals surface area contributed by atoms with Crippen LogP contribution in [0.5, 0.6) is 0 Å². The predicted octanol–water partition coefficient (Wildman–Crippen LogP) is 1.97. The molecule has 0 aliphatic heterocycles. The predicted molar refractivity (Wildman–Crippen MR) is 64.2 cm³/mol. The summed E-state index contributed by atoms with van der Waals surface area (Å²) in [5, 5.41) is 3.96. The molecule has 5 nitrogen and oxygen atoms in total. The van der Waals surface area contributed by atoms with Crippen molar-refractivity contribution in [2.24, 2.45) is 5.73 Å². The maximum atomic E-state index is 5.89. The summed E-state index contributed by atoms with van der Waals surface area (Å²) in [6, 6.07) is 3.74. The van der Waals surface area contributed by atoms with E-state index >= 15 is 0 Å². The van der Waals surface area contributed by atoms with E-state index in [1.807, 2.05) is 19.1 Å². The number of rotatable bonds is 4. The summed E-state index contributed by atoms with van der Waals surface area (Å²) in [6.45, 7) is 4.00. The van der Waals surface area contributed by atoms with Gasteiger partial charge in [-0.25, -0.2) is 0 Å². The Morgan fingerprint density at radius 1 is 1.47 bits per heavy atom.